The standard InChI is InChI=1S/C25H26N2O4/c1-25(2,3)18-9-5-16(6-10-18)24(30)27-22-15-19(28)11-14-21(22)26-23(29)17-7-12-20(31-4)13-8-17/h5-15,28H,1-4H3,(H,26,29)(H,27,30). The van der Waals surface area contributed by atoms with Crippen molar-refractivity contribution in [1.29, 1.82) is 0 Å². The van der Waals surface area contributed by atoms with Gasteiger partial charge in [-0.1, -0.05) is 32.9 Å². The Hall–Kier alpha value is -3.80. The molecule has 3 aromatic rings. The summed E-state index contributed by atoms with van der Waals surface area (Å²) < 4.78 is 5.10. The molecule has 3 N–H and O–H groups in total. The van der Waals surface area contributed by atoms with Gasteiger partial charge >= 0.3 is 0 Å². The van der Waals surface area contributed by atoms with Crippen LogP contribution >= 0.6 is 0 Å². The van der Waals surface area contributed by atoms with Gasteiger partial charge in [0.05, 0.1) is 18.5 Å². The van der Waals surface area contributed by atoms with Gasteiger partial charge in [0, 0.05) is 17.2 Å². The zero-order chi connectivity index (χ0) is 22.6. The van der Waals surface area contributed by atoms with E-state index in [-0.39, 0.29) is 23.0 Å². The molecule has 0 aromatic heterocycles. The van der Waals surface area contributed by atoms with Crippen LogP contribution in [0.15, 0.2) is 66.7 Å². The Morgan fingerprint density at radius 1 is 0.774 bits per heavy atom. The zero-order valence-corrected chi connectivity index (χ0v) is 18.0. The summed E-state index contributed by atoms with van der Waals surface area (Å²) in [6.07, 6.45) is 0. The number of hydrogen-bond donors (Lipinski definition) is 3. The SMILES string of the molecule is COc1ccc(C(=O)Nc2ccc(O)cc2NC(=O)c2ccc(C(C)(C)C)cc2)cc1. The fourth-order valence-electron chi connectivity index (χ4n) is 3.00. The molecule has 2 amide bonds. The number of hydrogen-bond acceptors (Lipinski definition) is 4. The van der Waals surface area contributed by atoms with Crippen molar-refractivity contribution >= 4 is 23.2 Å². The summed E-state index contributed by atoms with van der Waals surface area (Å²) in [4.78, 5) is 25.4. The van der Waals surface area contributed by atoms with Gasteiger partial charge in [-0.25, -0.2) is 0 Å². The van der Waals surface area contributed by atoms with Crippen LogP contribution in [-0.2, 0) is 5.41 Å². The van der Waals surface area contributed by atoms with E-state index in [0.29, 0.717) is 28.3 Å². The van der Waals surface area contributed by atoms with Crippen LogP contribution < -0.4 is 15.4 Å². The normalized spacial score (nSPS) is 11.0. The van der Waals surface area contributed by atoms with Crippen LogP contribution in [-0.4, -0.2) is 24.0 Å². The molecule has 0 saturated heterocycles. The van der Waals surface area contributed by atoms with E-state index in [0.717, 1.165) is 5.56 Å². The van der Waals surface area contributed by atoms with Crippen LogP contribution in [0.25, 0.3) is 0 Å². The van der Waals surface area contributed by atoms with Gasteiger partial charge in [0.25, 0.3) is 11.8 Å². The molecule has 0 aliphatic carbocycles. The molecule has 3 aromatic carbocycles. The molecule has 0 radical (unpaired) electrons. The summed E-state index contributed by atoms with van der Waals surface area (Å²) in [6, 6.07) is 18.4. The molecule has 0 atom stereocenters. The van der Waals surface area contributed by atoms with Crippen molar-refractivity contribution in [3.05, 3.63) is 83.4 Å². The highest BCUT2D eigenvalue weighted by molar-refractivity contribution is 6.10. The number of methoxy groups -OCH3 is 1. The third-order valence-electron chi connectivity index (χ3n) is 4.86. The molecule has 0 bridgehead atoms. The zero-order valence-electron chi connectivity index (χ0n) is 18.0. The van der Waals surface area contributed by atoms with Crippen molar-refractivity contribution in [3.63, 3.8) is 0 Å². The average molecular weight is 418 g/mol. The molecule has 6 heteroatoms. The molecule has 0 spiro atoms. The number of phenols is 1. The van der Waals surface area contributed by atoms with Crippen LogP contribution in [0.3, 0.4) is 0 Å². The Morgan fingerprint density at radius 2 is 1.29 bits per heavy atom. The van der Waals surface area contributed by atoms with Crippen molar-refractivity contribution in [2.45, 2.75) is 26.2 Å². The number of ether oxygens (including phenoxy) is 1. The minimum atomic E-state index is -0.349. The molecule has 31 heavy (non-hydrogen) atoms. The van der Waals surface area contributed by atoms with Gasteiger partial charge < -0.3 is 20.5 Å². The first-order valence-electron chi connectivity index (χ1n) is 9.87. The Kier molecular flexibility index (Phi) is 6.30. The summed E-state index contributed by atoms with van der Waals surface area (Å²) in [5.74, 6) is -0.0724. The predicted molar refractivity (Wildman–Crippen MR) is 122 cm³/mol. The van der Waals surface area contributed by atoms with E-state index in [9.17, 15) is 14.7 Å². The second-order valence-corrected chi connectivity index (χ2v) is 8.19. The number of rotatable bonds is 5. The maximum absolute atomic E-state index is 12.7. The minimum absolute atomic E-state index is 0.0147. The van der Waals surface area contributed by atoms with Gasteiger partial charge in [0.2, 0.25) is 0 Å². The molecule has 0 unspecified atom stereocenters. The first-order chi connectivity index (χ1) is 14.7. The maximum Gasteiger partial charge on any atom is 0.255 e. The fraction of sp³-hybridized carbons (Fsp3) is 0.200. The fourth-order valence-corrected chi connectivity index (χ4v) is 3.00. The van der Waals surface area contributed by atoms with E-state index in [1.807, 2.05) is 12.1 Å². The van der Waals surface area contributed by atoms with Crippen molar-refractivity contribution in [3.8, 4) is 11.5 Å². The lowest BCUT2D eigenvalue weighted by atomic mass is 9.87. The van der Waals surface area contributed by atoms with Crippen molar-refractivity contribution in [2.75, 3.05) is 17.7 Å². The summed E-state index contributed by atoms with van der Waals surface area (Å²) in [7, 11) is 1.55. The number of carbonyl (C=O) groups is 2. The number of carbonyl (C=O) groups excluding carboxylic acids is 2. The first kappa shape index (κ1) is 21.9. The van der Waals surface area contributed by atoms with E-state index in [1.54, 1.807) is 43.5 Å². The summed E-state index contributed by atoms with van der Waals surface area (Å²) in [5, 5.41) is 15.4. The van der Waals surface area contributed by atoms with Crippen LogP contribution in [0.5, 0.6) is 11.5 Å². The lowest BCUT2D eigenvalue weighted by Gasteiger charge is -2.19. The molecular formula is C25H26N2O4. The number of anilines is 2. The first-order valence-corrected chi connectivity index (χ1v) is 9.87. The lowest BCUT2D eigenvalue weighted by molar-refractivity contribution is 0.101. The summed E-state index contributed by atoms with van der Waals surface area (Å²) in [6.45, 7) is 6.31. The van der Waals surface area contributed by atoms with Crippen molar-refractivity contribution in [2.24, 2.45) is 0 Å². The second-order valence-electron chi connectivity index (χ2n) is 8.19. The van der Waals surface area contributed by atoms with Gasteiger partial charge in [-0.3, -0.25) is 9.59 Å². The van der Waals surface area contributed by atoms with Gasteiger partial charge in [0.1, 0.15) is 11.5 Å². The lowest BCUT2D eigenvalue weighted by Crippen LogP contribution is -2.17. The highest BCUT2D eigenvalue weighted by atomic mass is 16.5. The van der Waals surface area contributed by atoms with Crippen LogP contribution in [0.2, 0.25) is 0 Å². The highest BCUT2D eigenvalue weighted by Gasteiger charge is 2.16. The Bertz CT molecular complexity index is 1080. The van der Waals surface area contributed by atoms with Crippen molar-refractivity contribution in [1.82, 2.24) is 0 Å². The van der Waals surface area contributed by atoms with Crippen LogP contribution in [0, 0.1) is 0 Å². The van der Waals surface area contributed by atoms with Crippen LogP contribution in [0.1, 0.15) is 47.1 Å². The van der Waals surface area contributed by atoms with Gasteiger partial charge in [-0.05, 0) is 59.5 Å². The Morgan fingerprint density at radius 3 is 1.81 bits per heavy atom. The Labute approximate surface area is 181 Å². The topological polar surface area (TPSA) is 87.7 Å². The summed E-state index contributed by atoms with van der Waals surface area (Å²) >= 11 is 0. The monoisotopic (exact) mass is 418 g/mol. The molecule has 6 nitrogen and oxygen atoms in total. The number of benzene rings is 3. The highest BCUT2D eigenvalue weighted by Crippen LogP contribution is 2.28. The molecule has 0 aliphatic rings. The molecule has 0 aliphatic heterocycles. The van der Waals surface area contributed by atoms with Gasteiger partial charge in [0.15, 0.2) is 0 Å². The predicted octanol–water partition coefficient (Wildman–Crippen LogP) is 5.20. The quantitative estimate of drug-likeness (QED) is 0.497. The van der Waals surface area contributed by atoms with Crippen LogP contribution in [0.4, 0.5) is 11.4 Å². The summed E-state index contributed by atoms with van der Waals surface area (Å²) in [5.41, 5.74) is 2.69. The van der Waals surface area contributed by atoms with E-state index in [2.05, 4.69) is 31.4 Å². The number of nitrogens with one attached hydrogen (secondary N) is 2. The van der Waals surface area contributed by atoms with E-state index >= 15 is 0 Å². The average Bonchev–Trinajstić information content (AvgIpc) is 2.75. The van der Waals surface area contributed by atoms with Gasteiger partial charge in [-0.2, -0.15) is 0 Å². The third kappa shape index (κ3) is 5.42. The third-order valence-corrected chi connectivity index (χ3v) is 4.86. The van der Waals surface area contributed by atoms with Gasteiger partial charge in [-0.15, -0.1) is 0 Å². The number of aromatic hydroxyl groups is 1. The Balaban J connectivity index is 1.79. The maximum atomic E-state index is 12.7. The van der Waals surface area contributed by atoms with Crippen molar-refractivity contribution < 1.29 is 19.4 Å². The largest absolute Gasteiger partial charge is 0.508 e. The van der Waals surface area contributed by atoms with E-state index in [1.165, 1.54) is 18.2 Å². The number of amides is 2. The van der Waals surface area contributed by atoms with E-state index in [4.69, 9.17) is 4.74 Å². The molecule has 3 rings (SSSR count). The number of phenolic OH excluding ortho intramolecular Hbond substituents is 1. The molecule has 0 heterocycles. The van der Waals surface area contributed by atoms with E-state index < -0.39 is 0 Å². The molecule has 160 valence electrons. The minimum Gasteiger partial charge on any atom is -0.508 e. The second kappa shape index (κ2) is 8.92. The molecular weight excluding hydrogens is 392 g/mol. The smallest absolute Gasteiger partial charge is 0.255 e. The molecule has 0 saturated carbocycles. The molecule has 0 fully saturated rings.